The van der Waals surface area contributed by atoms with Gasteiger partial charge in [0.25, 0.3) is 11.8 Å². The fourth-order valence-electron chi connectivity index (χ4n) is 4.49. The molecule has 3 saturated heterocycles. The maximum absolute atomic E-state index is 12.6. The van der Waals surface area contributed by atoms with Gasteiger partial charge in [0.1, 0.15) is 39.3 Å². The summed E-state index contributed by atoms with van der Waals surface area (Å²) in [5.41, 5.74) is 1.53. The van der Waals surface area contributed by atoms with E-state index in [1.54, 1.807) is 24.3 Å². The molecule has 0 aliphatic carbocycles. The molecule has 3 aliphatic rings. The lowest BCUT2D eigenvalue weighted by atomic mass is 10.1. The number of hydrogen-bond acceptors (Lipinski definition) is 2. The normalized spacial score (nSPS) is 25.0. The highest BCUT2D eigenvalue weighted by Gasteiger charge is 2.50. The van der Waals surface area contributed by atoms with Crippen LogP contribution in [0.2, 0.25) is 10.0 Å². The summed E-state index contributed by atoms with van der Waals surface area (Å²) in [4.78, 5) is 25.2. The lowest BCUT2D eigenvalue weighted by Crippen LogP contribution is -2.76. The minimum Gasteiger partial charge on any atom is -0.321 e. The SMILES string of the molecule is O=C(C[N+]12CC[N+](CC(=O)Nc3ccc(Cl)cc3)(CC1)CC2)Nc1ccc(Cl)cc1. The van der Waals surface area contributed by atoms with Gasteiger partial charge < -0.3 is 19.6 Å². The van der Waals surface area contributed by atoms with E-state index in [0.29, 0.717) is 23.1 Å². The zero-order valence-electron chi connectivity index (χ0n) is 16.7. The molecule has 2 aromatic carbocycles. The van der Waals surface area contributed by atoms with Crippen molar-refractivity contribution in [2.75, 3.05) is 63.0 Å². The first-order chi connectivity index (χ1) is 14.4. The van der Waals surface area contributed by atoms with Crippen molar-refractivity contribution >= 4 is 46.4 Å². The zero-order chi connectivity index (χ0) is 21.2. The van der Waals surface area contributed by atoms with Gasteiger partial charge in [-0.1, -0.05) is 23.2 Å². The van der Waals surface area contributed by atoms with Crippen molar-refractivity contribution in [1.29, 1.82) is 0 Å². The predicted molar refractivity (Wildman–Crippen MR) is 120 cm³/mol. The number of rotatable bonds is 6. The third-order valence-corrected chi connectivity index (χ3v) is 6.86. The first kappa shape index (κ1) is 21.1. The average molecular weight is 449 g/mol. The number of nitrogens with zero attached hydrogens (tertiary/aromatic N) is 2. The summed E-state index contributed by atoms with van der Waals surface area (Å²) in [5, 5.41) is 7.25. The molecule has 158 valence electrons. The molecule has 0 saturated carbocycles. The van der Waals surface area contributed by atoms with Gasteiger partial charge in [-0.05, 0) is 48.5 Å². The standard InChI is InChI=1S/C22H24Cl2N4O2/c23-17-1-5-19(6-2-17)25-21(29)15-27-9-12-28(13-10-27,14-11-27)16-22(30)26-20-7-3-18(24)4-8-20/h1-8H,9-16H2/p+2. The van der Waals surface area contributed by atoms with Crippen LogP contribution in [0.25, 0.3) is 0 Å². The van der Waals surface area contributed by atoms with Crippen LogP contribution in [0.15, 0.2) is 48.5 Å². The number of quaternary nitrogens is 2. The Bertz CT molecular complexity index is 829. The second-order valence-electron chi connectivity index (χ2n) is 8.45. The average Bonchev–Trinajstić information content (AvgIpc) is 2.73. The Balaban J connectivity index is 1.30. The maximum Gasteiger partial charge on any atom is 0.279 e. The summed E-state index contributed by atoms with van der Waals surface area (Å²) < 4.78 is 1.61. The summed E-state index contributed by atoms with van der Waals surface area (Å²) in [6, 6.07) is 14.3. The molecule has 0 radical (unpaired) electrons. The lowest BCUT2D eigenvalue weighted by Gasteiger charge is -2.54. The van der Waals surface area contributed by atoms with Gasteiger partial charge in [-0.2, -0.15) is 0 Å². The van der Waals surface area contributed by atoms with Crippen LogP contribution < -0.4 is 10.6 Å². The number of halogens is 2. The molecular formula is C22H26Cl2N4O2+2. The molecule has 0 spiro atoms. The Morgan fingerprint density at radius 1 is 0.633 bits per heavy atom. The van der Waals surface area contributed by atoms with Crippen molar-refractivity contribution in [1.82, 2.24) is 0 Å². The summed E-state index contributed by atoms with van der Waals surface area (Å²) in [5.74, 6) is 0.0550. The van der Waals surface area contributed by atoms with Gasteiger partial charge >= 0.3 is 0 Å². The van der Waals surface area contributed by atoms with Crippen LogP contribution in [0.1, 0.15) is 0 Å². The third-order valence-electron chi connectivity index (χ3n) is 6.36. The van der Waals surface area contributed by atoms with Gasteiger partial charge in [-0.25, -0.2) is 0 Å². The monoisotopic (exact) mass is 448 g/mol. The van der Waals surface area contributed by atoms with Gasteiger partial charge in [0.2, 0.25) is 0 Å². The Labute approximate surface area is 186 Å². The number of fused-ring (bicyclic) bond motifs is 3. The molecule has 3 aliphatic heterocycles. The lowest BCUT2D eigenvalue weighted by molar-refractivity contribution is -1.07. The highest BCUT2D eigenvalue weighted by Crippen LogP contribution is 2.27. The largest absolute Gasteiger partial charge is 0.321 e. The molecule has 0 unspecified atom stereocenters. The second-order valence-corrected chi connectivity index (χ2v) is 9.32. The zero-order valence-corrected chi connectivity index (χ0v) is 18.3. The third kappa shape index (κ3) is 4.95. The van der Waals surface area contributed by atoms with E-state index in [0.717, 1.165) is 59.6 Å². The van der Waals surface area contributed by atoms with E-state index in [4.69, 9.17) is 23.2 Å². The van der Waals surface area contributed by atoms with Crippen LogP contribution in [-0.4, -0.2) is 73.1 Å². The number of nitrogens with one attached hydrogen (secondary N) is 2. The molecule has 6 nitrogen and oxygen atoms in total. The van der Waals surface area contributed by atoms with Gasteiger partial charge in [-0.3, -0.25) is 9.59 Å². The molecule has 5 rings (SSSR count). The number of anilines is 2. The molecule has 3 fully saturated rings. The molecule has 2 amide bonds. The van der Waals surface area contributed by atoms with Crippen molar-refractivity contribution in [2.45, 2.75) is 0 Å². The minimum absolute atomic E-state index is 0.0275. The van der Waals surface area contributed by atoms with Crippen LogP contribution in [0.4, 0.5) is 11.4 Å². The Morgan fingerprint density at radius 3 is 1.23 bits per heavy atom. The number of amides is 2. The molecule has 2 aromatic rings. The molecule has 0 aromatic heterocycles. The highest BCUT2D eigenvalue weighted by atomic mass is 35.5. The fraction of sp³-hybridized carbons (Fsp3) is 0.364. The summed E-state index contributed by atoms with van der Waals surface area (Å²) in [7, 11) is 0. The van der Waals surface area contributed by atoms with Gasteiger partial charge in [0, 0.05) is 21.4 Å². The minimum atomic E-state index is 0.0275. The molecular weight excluding hydrogens is 423 g/mol. The molecule has 30 heavy (non-hydrogen) atoms. The summed E-state index contributed by atoms with van der Waals surface area (Å²) >= 11 is 11.8. The molecule has 2 N–H and O–H groups in total. The van der Waals surface area contributed by atoms with Crippen LogP contribution >= 0.6 is 23.2 Å². The van der Waals surface area contributed by atoms with Gasteiger partial charge in [0.15, 0.2) is 13.1 Å². The first-order valence-corrected chi connectivity index (χ1v) is 10.9. The molecule has 8 heteroatoms. The van der Waals surface area contributed by atoms with Crippen LogP contribution in [-0.2, 0) is 9.59 Å². The summed E-state index contributed by atoms with van der Waals surface area (Å²) in [6.45, 7) is 6.46. The quantitative estimate of drug-likeness (QED) is 0.666. The van der Waals surface area contributed by atoms with Crippen molar-refractivity contribution in [3.05, 3.63) is 58.6 Å². The van der Waals surface area contributed by atoms with Gasteiger partial charge in [-0.15, -0.1) is 0 Å². The van der Waals surface area contributed by atoms with Crippen LogP contribution in [0.3, 0.4) is 0 Å². The van der Waals surface area contributed by atoms with Gasteiger partial charge in [0.05, 0.1) is 0 Å². The van der Waals surface area contributed by atoms with E-state index in [1.807, 2.05) is 24.3 Å². The Kier molecular flexibility index (Phi) is 6.02. The van der Waals surface area contributed by atoms with E-state index in [9.17, 15) is 9.59 Å². The molecule has 3 heterocycles. The van der Waals surface area contributed by atoms with Crippen molar-refractivity contribution < 1.29 is 18.6 Å². The Hall–Kier alpha value is -2.12. The molecule has 0 atom stereocenters. The number of carbonyl (C=O) groups is 2. The van der Waals surface area contributed by atoms with Crippen molar-refractivity contribution in [3.8, 4) is 0 Å². The van der Waals surface area contributed by atoms with Crippen molar-refractivity contribution in [2.24, 2.45) is 0 Å². The van der Waals surface area contributed by atoms with E-state index >= 15 is 0 Å². The smallest absolute Gasteiger partial charge is 0.279 e. The maximum atomic E-state index is 12.6. The highest BCUT2D eigenvalue weighted by molar-refractivity contribution is 6.30. The van der Waals surface area contributed by atoms with E-state index in [2.05, 4.69) is 10.6 Å². The molecule has 2 bridgehead atoms. The fourth-order valence-corrected chi connectivity index (χ4v) is 4.75. The number of piperazine rings is 3. The van der Waals surface area contributed by atoms with Crippen LogP contribution in [0, 0.1) is 0 Å². The van der Waals surface area contributed by atoms with E-state index < -0.39 is 0 Å². The second kappa shape index (κ2) is 8.55. The topological polar surface area (TPSA) is 58.2 Å². The number of carbonyl (C=O) groups excluding carboxylic acids is 2. The summed E-state index contributed by atoms with van der Waals surface area (Å²) in [6.07, 6.45) is 0. The number of hydrogen-bond donors (Lipinski definition) is 2. The predicted octanol–water partition coefficient (Wildman–Crippen LogP) is 3.23. The Morgan fingerprint density at radius 2 is 0.933 bits per heavy atom. The van der Waals surface area contributed by atoms with E-state index in [-0.39, 0.29) is 11.8 Å². The van der Waals surface area contributed by atoms with E-state index in [1.165, 1.54) is 0 Å². The number of benzene rings is 2. The first-order valence-electron chi connectivity index (χ1n) is 10.2. The van der Waals surface area contributed by atoms with Crippen molar-refractivity contribution in [3.63, 3.8) is 0 Å². The van der Waals surface area contributed by atoms with Crippen LogP contribution in [0.5, 0.6) is 0 Å².